The van der Waals surface area contributed by atoms with E-state index in [2.05, 4.69) is 45.9 Å². The average Bonchev–Trinajstić information content (AvgIpc) is 2.62. The first-order valence-electron chi connectivity index (χ1n) is 11.0. The minimum Gasteiger partial charge on any atom is -0.300 e. The van der Waals surface area contributed by atoms with Gasteiger partial charge in [-0.25, -0.2) is 0 Å². The molecule has 0 amide bonds. The number of rotatable bonds is 10. The molecule has 0 spiro atoms. The van der Waals surface area contributed by atoms with Gasteiger partial charge in [-0.1, -0.05) is 102 Å². The third-order valence-corrected chi connectivity index (χ3v) is 4.55. The van der Waals surface area contributed by atoms with Crippen LogP contribution in [0.1, 0.15) is 110 Å². The summed E-state index contributed by atoms with van der Waals surface area (Å²) in [5.74, 6) is 1.20. The van der Waals surface area contributed by atoms with E-state index in [-0.39, 0.29) is 5.78 Å². The topological polar surface area (TPSA) is 17.1 Å². The molecule has 0 fully saturated rings. The molecule has 0 N–H and O–H groups in total. The molecule has 0 heterocycles. The zero-order valence-corrected chi connectivity index (χ0v) is 19.1. The summed E-state index contributed by atoms with van der Waals surface area (Å²) in [6, 6.07) is 7.00. The Morgan fingerprint density at radius 3 is 1.62 bits per heavy atom. The summed E-state index contributed by atoms with van der Waals surface area (Å²) >= 11 is 0. The van der Waals surface area contributed by atoms with E-state index in [1.807, 2.05) is 20.8 Å². The second kappa shape index (κ2) is 18.7. The van der Waals surface area contributed by atoms with Crippen molar-refractivity contribution in [3.8, 4) is 0 Å². The van der Waals surface area contributed by atoms with Gasteiger partial charge in [0.2, 0.25) is 0 Å². The maximum absolute atomic E-state index is 9.81. The van der Waals surface area contributed by atoms with E-state index < -0.39 is 0 Å². The maximum atomic E-state index is 9.81. The Bertz CT molecular complexity index is 419. The molecule has 1 aromatic rings. The molecular weight excluding hydrogens is 316 g/mol. The van der Waals surface area contributed by atoms with Crippen molar-refractivity contribution in [1.82, 2.24) is 0 Å². The van der Waals surface area contributed by atoms with E-state index in [1.165, 1.54) is 68.1 Å². The molecular formula is C25H46O. The molecule has 152 valence electrons. The zero-order valence-electron chi connectivity index (χ0n) is 19.1. The van der Waals surface area contributed by atoms with Gasteiger partial charge in [-0.05, 0) is 45.1 Å². The summed E-state index contributed by atoms with van der Waals surface area (Å²) in [5.41, 5.74) is 4.36. The number of carbonyl (C=O) groups excluding carboxylic acids is 1. The van der Waals surface area contributed by atoms with Crippen LogP contribution in [0.3, 0.4) is 0 Å². The van der Waals surface area contributed by atoms with Crippen molar-refractivity contribution in [2.24, 2.45) is 5.92 Å². The van der Waals surface area contributed by atoms with Gasteiger partial charge in [0.25, 0.3) is 0 Å². The highest BCUT2D eigenvalue weighted by molar-refractivity contribution is 5.74. The van der Waals surface area contributed by atoms with Crippen LogP contribution in [0.25, 0.3) is 0 Å². The standard InChI is InChI=1S/C19H32.C4H8O.C2H6/c1-5-7-9-18(10-8-6-2)11-12-19-14-16(3)13-17(4)15-19;1-3-4(2)5;1-2/h13-15,18H,5-12H2,1-4H3;3H2,1-2H3;1-2H3. The van der Waals surface area contributed by atoms with E-state index >= 15 is 0 Å². The molecule has 0 aromatic heterocycles. The maximum Gasteiger partial charge on any atom is 0.129 e. The Labute approximate surface area is 165 Å². The first-order valence-corrected chi connectivity index (χ1v) is 11.0. The molecule has 26 heavy (non-hydrogen) atoms. The van der Waals surface area contributed by atoms with Gasteiger partial charge in [-0.15, -0.1) is 0 Å². The van der Waals surface area contributed by atoms with Gasteiger partial charge in [-0.3, -0.25) is 0 Å². The minimum atomic E-state index is 0.255. The Balaban J connectivity index is 0. The fourth-order valence-corrected chi connectivity index (χ4v) is 3.00. The molecule has 0 atom stereocenters. The van der Waals surface area contributed by atoms with Gasteiger partial charge in [0, 0.05) is 6.42 Å². The predicted molar refractivity (Wildman–Crippen MR) is 119 cm³/mol. The number of ketones is 1. The van der Waals surface area contributed by atoms with Crippen LogP contribution < -0.4 is 0 Å². The summed E-state index contributed by atoms with van der Waals surface area (Å²) in [7, 11) is 0. The summed E-state index contributed by atoms with van der Waals surface area (Å²) in [5, 5.41) is 0. The molecule has 0 bridgehead atoms. The number of carbonyl (C=O) groups is 1. The molecule has 0 aliphatic carbocycles. The van der Waals surface area contributed by atoms with E-state index in [9.17, 15) is 4.79 Å². The molecule has 1 nitrogen and oxygen atoms in total. The summed E-state index contributed by atoms with van der Waals surface area (Å²) < 4.78 is 0. The van der Waals surface area contributed by atoms with Crippen LogP contribution in [0.15, 0.2) is 18.2 Å². The Hall–Kier alpha value is -1.11. The van der Waals surface area contributed by atoms with Crippen LogP contribution in [0, 0.1) is 19.8 Å². The monoisotopic (exact) mass is 362 g/mol. The van der Waals surface area contributed by atoms with E-state index in [4.69, 9.17) is 0 Å². The van der Waals surface area contributed by atoms with Crippen LogP contribution in [-0.2, 0) is 11.2 Å². The fraction of sp³-hybridized carbons (Fsp3) is 0.720. The molecule has 1 rings (SSSR count). The van der Waals surface area contributed by atoms with E-state index in [0.29, 0.717) is 6.42 Å². The van der Waals surface area contributed by atoms with Gasteiger partial charge < -0.3 is 4.79 Å². The van der Waals surface area contributed by atoms with Crippen molar-refractivity contribution in [3.05, 3.63) is 34.9 Å². The van der Waals surface area contributed by atoms with E-state index in [0.717, 1.165) is 5.92 Å². The van der Waals surface area contributed by atoms with Gasteiger partial charge in [0.15, 0.2) is 0 Å². The van der Waals surface area contributed by atoms with Crippen molar-refractivity contribution in [2.75, 3.05) is 0 Å². The van der Waals surface area contributed by atoms with Crippen molar-refractivity contribution in [3.63, 3.8) is 0 Å². The third kappa shape index (κ3) is 16.4. The van der Waals surface area contributed by atoms with Crippen molar-refractivity contribution in [2.45, 2.75) is 113 Å². The molecule has 1 heteroatoms. The Morgan fingerprint density at radius 1 is 0.846 bits per heavy atom. The lowest BCUT2D eigenvalue weighted by Gasteiger charge is -2.16. The van der Waals surface area contributed by atoms with Gasteiger partial charge >= 0.3 is 0 Å². The highest BCUT2D eigenvalue weighted by Gasteiger charge is 2.08. The van der Waals surface area contributed by atoms with Crippen molar-refractivity contribution in [1.29, 1.82) is 0 Å². The second-order valence-electron chi connectivity index (χ2n) is 7.24. The Kier molecular flexibility index (Phi) is 19.5. The molecule has 0 aliphatic heterocycles. The predicted octanol–water partition coefficient (Wildman–Crippen LogP) is 8.24. The van der Waals surface area contributed by atoms with Crippen LogP contribution >= 0.6 is 0 Å². The lowest BCUT2D eigenvalue weighted by Crippen LogP contribution is -2.03. The third-order valence-electron chi connectivity index (χ3n) is 4.55. The summed E-state index contributed by atoms with van der Waals surface area (Å²) in [6.07, 6.45) is 11.7. The first-order chi connectivity index (χ1) is 12.4. The summed E-state index contributed by atoms with van der Waals surface area (Å²) in [6.45, 7) is 16.5. The first kappa shape index (κ1) is 27.1. The molecule has 0 saturated carbocycles. The minimum absolute atomic E-state index is 0.255. The number of hydrogen-bond acceptors (Lipinski definition) is 1. The zero-order chi connectivity index (χ0) is 20.4. The molecule has 1 aromatic carbocycles. The number of benzene rings is 1. The van der Waals surface area contributed by atoms with Gasteiger partial charge in [0.05, 0.1) is 0 Å². The van der Waals surface area contributed by atoms with Crippen LogP contribution in [0.4, 0.5) is 0 Å². The smallest absolute Gasteiger partial charge is 0.129 e. The van der Waals surface area contributed by atoms with Crippen LogP contribution in [0.2, 0.25) is 0 Å². The Morgan fingerprint density at radius 2 is 1.27 bits per heavy atom. The highest BCUT2D eigenvalue weighted by Crippen LogP contribution is 2.22. The van der Waals surface area contributed by atoms with Gasteiger partial charge in [-0.2, -0.15) is 0 Å². The molecule has 0 saturated heterocycles. The van der Waals surface area contributed by atoms with Crippen molar-refractivity contribution >= 4 is 5.78 Å². The highest BCUT2D eigenvalue weighted by atomic mass is 16.1. The van der Waals surface area contributed by atoms with Crippen molar-refractivity contribution < 1.29 is 4.79 Å². The van der Waals surface area contributed by atoms with Gasteiger partial charge in [0.1, 0.15) is 5.78 Å². The number of unbranched alkanes of at least 4 members (excludes halogenated alkanes) is 2. The molecule has 0 radical (unpaired) electrons. The number of aryl methyl sites for hydroxylation is 3. The molecule has 0 unspecified atom stereocenters. The molecule has 0 aliphatic rings. The lowest BCUT2D eigenvalue weighted by molar-refractivity contribution is -0.116. The van der Waals surface area contributed by atoms with Crippen LogP contribution in [-0.4, -0.2) is 5.78 Å². The SMILES string of the molecule is CC.CCC(C)=O.CCCCC(CCCC)CCc1cc(C)cc(C)c1. The van der Waals surface area contributed by atoms with Crippen LogP contribution in [0.5, 0.6) is 0 Å². The largest absolute Gasteiger partial charge is 0.300 e. The lowest BCUT2D eigenvalue weighted by atomic mass is 9.89. The fourth-order valence-electron chi connectivity index (χ4n) is 3.00. The normalized spacial score (nSPS) is 9.88. The second-order valence-corrected chi connectivity index (χ2v) is 7.24. The number of hydrogen-bond donors (Lipinski definition) is 0. The van der Waals surface area contributed by atoms with E-state index in [1.54, 1.807) is 6.92 Å². The average molecular weight is 363 g/mol. The number of Topliss-reactive ketones (excluding diaryl/α,β-unsaturated/α-hetero) is 1. The quantitative estimate of drug-likeness (QED) is 0.409. The summed E-state index contributed by atoms with van der Waals surface area (Å²) in [4.78, 5) is 9.81.